The number of esters is 2. The van der Waals surface area contributed by atoms with Crippen LogP contribution in [0.1, 0.15) is 127 Å². The lowest BCUT2D eigenvalue weighted by atomic mass is 10.0. The Labute approximate surface area is 571 Å². The molecular weight excluding hydrogens is 1270 g/mol. The monoisotopic (exact) mass is 1350 g/mol. The van der Waals surface area contributed by atoms with Crippen molar-refractivity contribution >= 4 is 87.7 Å². The number of aliphatic imine (C=N–C) groups is 1. The molecule has 99 heavy (non-hydrogen) atoms. The van der Waals surface area contributed by atoms with Gasteiger partial charge >= 0.3 is 11.9 Å². The highest BCUT2D eigenvalue weighted by Gasteiger charge is 2.34. The Balaban J connectivity index is 0.000000200. The summed E-state index contributed by atoms with van der Waals surface area (Å²) >= 11 is 0. The quantitative estimate of drug-likeness (QED) is 0.0271. The second-order valence-electron chi connectivity index (χ2n) is 24.5. The number of fused-ring (bicyclic) bond motifs is 4. The molecule has 4 aliphatic heterocycles. The summed E-state index contributed by atoms with van der Waals surface area (Å²) in [5.74, 6) is -0.168. The molecule has 0 aliphatic carbocycles. The molecule has 26 heteroatoms. The fourth-order valence-electron chi connectivity index (χ4n) is 12.5. The molecule has 0 radical (unpaired) electrons. The molecule has 0 unspecified atom stereocenters. The van der Waals surface area contributed by atoms with Gasteiger partial charge in [0.1, 0.15) is 22.8 Å². The highest BCUT2D eigenvalue weighted by Crippen LogP contribution is 2.40. The molecular formula is C73H80N12O14. The number of methoxy groups -OCH3 is 4. The van der Waals surface area contributed by atoms with Crippen LogP contribution in [0.15, 0.2) is 127 Å². The molecule has 8 heterocycles. The zero-order valence-electron chi connectivity index (χ0n) is 56.3. The largest absolute Gasteiger partial charge is 0.493 e. The van der Waals surface area contributed by atoms with Crippen LogP contribution in [-0.4, -0.2) is 155 Å². The maximum atomic E-state index is 13.3. The van der Waals surface area contributed by atoms with Crippen molar-refractivity contribution in [2.75, 3.05) is 87.9 Å². The van der Waals surface area contributed by atoms with Crippen molar-refractivity contribution in [3.63, 3.8) is 0 Å². The minimum Gasteiger partial charge on any atom is -0.493 e. The number of amides is 6. The van der Waals surface area contributed by atoms with Gasteiger partial charge in [0.15, 0.2) is 23.0 Å². The number of aromatic nitrogens is 4. The van der Waals surface area contributed by atoms with Crippen LogP contribution in [0.2, 0.25) is 0 Å². The molecule has 0 saturated carbocycles. The summed E-state index contributed by atoms with van der Waals surface area (Å²) in [6.45, 7) is 2.67. The van der Waals surface area contributed by atoms with E-state index in [0.29, 0.717) is 106 Å². The van der Waals surface area contributed by atoms with Crippen molar-refractivity contribution in [1.82, 2.24) is 28.5 Å². The summed E-state index contributed by atoms with van der Waals surface area (Å²) < 4.78 is 37.7. The first kappa shape index (κ1) is 68.8. The molecule has 0 bridgehead atoms. The number of piperidine rings is 2. The molecule has 6 N–H and O–H groups in total. The lowest BCUT2D eigenvalue weighted by Crippen LogP contribution is -2.45. The van der Waals surface area contributed by atoms with E-state index in [1.807, 2.05) is 52.7 Å². The number of anilines is 5. The first-order valence-corrected chi connectivity index (χ1v) is 32.8. The SMILES string of the molecule is COC(=O)c1cc(-c2ccc(NC(=O)c3cc(NC(=O)CCCOc4cc5c(cc4OC)C(=O)N4CCCC[C@H]4C=N5)c[nH]3)cc2)cn1C.COC(=O)c1cc(-c2ccc(NC(=O)c3cc(NC(=O)CCCOc4cc5c(cc4OC)C(=O)N4CCCC[C@H]4CN5)cn3C)cc2)cn1C. The van der Waals surface area contributed by atoms with Crippen molar-refractivity contribution in [3.8, 4) is 45.3 Å². The first-order valence-electron chi connectivity index (χ1n) is 32.8. The second-order valence-corrected chi connectivity index (χ2v) is 24.5. The molecule has 4 aromatic heterocycles. The molecule has 2 fully saturated rings. The Kier molecular flexibility index (Phi) is 21.6. The van der Waals surface area contributed by atoms with Gasteiger partial charge < -0.3 is 83.5 Å². The number of nitrogens with zero attached hydrogens (tertiary/aromatic N) is 6. The molecule has 4 aliphatic rings. The lowest BCUT2D eigenvalue weighted by Gasteiger charge is -2.34. The number of H-pyrrole nitrogens is 1. The van der Waals surface area contributed by atoms with Crippen molar-refractivity contribution in [2.24, 2.45) is 26.1 Å². The number of ether oxygens (including phenoxy) is 6. The zero-order chi connectivity index (χ0) is 69.9. The van der Waals surface area contributed by atoms with Crippen LogP contribution >= 0.6 is 0 Å². The minimum atomic E-state index is -0.419. The van der Waals surface area contributed by atoms with Crippen molar-refractivity contribution in [1.29, 1.82) is 0 Å². The van der Waals surface area contributed by atoms with Gasteiger partial charge in [-0.2, -0.15) is 0 Å². The van der Waals surface area contributed by atoms with Gasteiger partial charge in [-0.05, 0) is 123 Å². The number of aromatic amines is 1. The van der Waals surface area contributed by atoms with Gasteiger partial charge in [-0.3, -0.25) is 33.8 Å². The molecule has 6 amide bonds. The molecule has 4 aromatic carbocycles. The Hall–Kier alpha value is -11.6. The third-order valence-corrected chi connectivity index (χ3v) is 17.8. The van der Waals surface area contributed by atoms with Crippen molar-refractivity contribution in [2.45, 2.75) is 76.3 Å². The van der Waals surface area contributed by atoms with E-state index >= 15 is 0 Å². The average molecular weight is 1350 g/mol. The summed E-state index contributed by atoms with van der Waals surface area (Å²) in [5.41, 5.74) is 9.44. The van der Waals surface area contributed by atoms with E-state index in [0.717, 1.165) is 73.0 Å². The number of nitrogens with one attached hydrogen (secondary N) is 6. The van der Waals surface area contributed by atoms with Crippen molar-refractivity contribution in [3.05, 3.63) is 156 Å². The summed E-state index contributed by atoms with van der Waals surface area (Å²) in [4.78, 5) is 113. The third kappa shape index (κ3) is 16.1. The highest BCUT2D eigenvalue weighted by atomic mass is 16.5. The number of rotatable bonds is 22. The number of aryl methyl sites for hydroxylation is 3. The van der Waals surface area contributed by atoms with Crippen LogP contribution in [0.5, 0.6) is 23.0 Å². The smallest absolute Gasteiger partial charge is 0.354 e. The summed E-state index contributed by atoms with van der Waals surface area (Å²) in [6.07, 6.45) is 16.1. The molecule has 2 saturated heterocycles. The second kappa shape index (κ2) is 31.1. The van der Waals surface area contributed by atoms with E-state index in [2.05, 4.69) is 36.6 Å². The van der Waals surface area contributed by atoms with Crippen LogP contribution in [0.3, 0.4) is 0 Å². The number of hydrogen-bond acceptors (Lipinski definition) is 16. The molecule has 2 atom stereocenters. The number of carbonyl (C=O) groups excluding carboxylic acids is 8. The average Bonchev–Trinajstić information content (AvgIpc) is 1.77. The van der Waals surface area contributed by atoms with Gasteiger partial charge in [0, 0.05) is 125 Å². The predicted molar refractivity (Wildman–Crippen MR) is 373 cm³/mol. The lowest BCUT2D eigenvalue weighted by molar-refractivity contribution is -0.117. The number of carbonyl (C=O) groups is 8. The summed E-state index contributed by atoms with van der Waals surface area (Å²) in [7, 11) is 11.0. The minimum absolute atomic E-state index is 0.00266. The number of hydrogen-bond donors (Lipinski definition) is 6. The Morgan fingerprint density at radius 3 is 1.66 bits per heavy atom. The molecule has 8 aromatic rings. The van der Waals surface area contributed by atoms with Gasteiger partial charge in [0.2, 0.25) is 11.8 Å². The molecule has 0 spiro atoms. The summed E-state index contributed by atoms with van der Waals surface area (Å²) in [6, 6.07) is 28.3. The van der Waals surface area contributed by atoms with Crippen LogP contribution in [-0.2, 0) is 40.2 Å². The van der Waals surface area contributed by atoms with Crippen molar-refractivity contribution < 1.29 is 66.8 Å². The van der Waals surface area contributed by atoms with E-state index < -0.39 is 11.9 Å². The van der Waals surface area contributed by atoms with E-state index in [9.17, 15) is 38.4 Å². The molecule has 12 rings (SSSR count). The fraction of sp³-hybridized carbons (Fsp3) is 0.329. The standard InChI is InChI=1S/C37H42N6O7.C36H38N6O7/c1-41-21-24(16-31(41)37(47)49-4)23-10-12-25(13-11-23)40-35(45)30-17-26(22-42(30)2)39-34(44)9-7-15-50-33-19-29-28(18-32(33)48-3)36(46)43-14-6-5-8-27(43)20-38-29;1-41-21-23(15-30(41)36(46)48-3)22-9-11-24(12-10-22)40-34(44)29-16-25(19-37-29)39-33(43)8-6-14-49-32-18-28-27(17-31(32)47-2)35(45)42-13-5-4-7-26(42)20-38-28/h10-13,16-19,21-22,27,38H,5-9,14-15,20H2,1-4H3,(H,39,44)(H,40,45);9-12,15-21,26,37H,4-8,13-14H2,1-3H3,(H,39,43)(H,40,44)/t27-;26-/m00/s1. The van der Waals surface area contributed by atoms with Crippen LogP contribution in [0.25, 0.3) is 22.3 Å². The normalized spacial score (nSPS) is 15.2. The Morgan fingerprint density at radius 2 is 1.06 bits per heavy atom. The van der Waals surface area contributed by atoms with Gasteiger partial charge in [-0.1, -0.05) is 24.3 Å². The maximum Gasteiger partial charge on any atom is 0.354 e. The van der Waals surface area contributed by atoms with E-state index in [-0.39, 0.29) is 79.3 Å². The topological polar surface area (TPSA) is 302 Å². The van der Waals surface area contributed by atoms with Gasteiger partial charge in [0.05, 0.1) is 81.6 Å². The van der Waals surface area contributed by atoms with Gasteiger partial charge in [-0.15, -0.1) is 0 Å². The van der Waals surface area contributed by atoms with E-state index in [4.69, 9.17) is 28.4 Å². The highest BCUT2D eigenvalue weighted by molar-refractivity contribution is 6.07. The Morgan fingerprint density at radius 1 is 0.525 bits per heavy atom. The fourth-order valence-corrected chi connectivity index (χ4v) is 12.5. The van der Waals surface area contributed by atoms with Crippen LogP contribution < -0.4 is 45.5 Å². The van der Waals surface area contributed by atoms with E-state index in [1.165, 1.54) is 21.3 Å². The van der Waals surface area contributed by atoms with Gasteiger partial charge in [0.25, 0.3) is 23.6 Å². The predicted octanol–water partition coefficient (Wildman–Crippen LogP) is 10.9. The van der Waals surface area contributed by atoms with Crippen LogP contribution in [0.4, 0.5) is 34.1 Å². The van der Waals surface area contributed by atoms with E-state index in [1.54, 1.807) is 127 Å². The number of benzene rings is 4. The van der Waals surface area contributed by atoms with Crippen LogP contribution in [0, 0.1) is 0 Å². The third-order valence-electron chi connectivity index (χ3n) is 17.8. The first-order chi connectivity index (χ1) is 47.9. The molecule has 26 nitrogen and oxygen atoms in total. The van der Waals surface area contributed by atoms with Gasteiger partial charge in [-0.25, -0.2) is 9.59 Å². The maximum absolute atomic E-state index is 13.3. The zero-order valence-corrected chi connectivity index (χ0v) is 56.3. The summed E-state index contributed by atoms with van der Waals surface area (Å²) in [5, 5.41) is 14.8. The Bertz CT molecular complexity index is 4370. The molecule has 516 valence electrons.